The number of carboxylic acids is 1. The fourth-order valence-electron chi connectivity index (χ4n) is 7.23. The topological polar surface area (TPSA) is 206 Å². The van der Waals surface area contributed by atoms with Crippen LogP contribution in [-0.4, -0.2) is 82.3 Å². The quantitative estimate of drug-likeness (QED) is 0.252. The lowest BCUT2D eigenvalue weighted by molar-refractivity contribution is -0.353. The molecule has 0 unspecified atom stereocenters. The first-order valence-electron chi connectivity index (χ1n) is 12.3. The SMILES string of the molecule is C[C@]12CC[C@@H]3c4ccc(O)cc4CC[C@H]3[C@@H]1C[C@@H](O[C@@H]1O[C@H](C(=O)[O-])[C@@H](O)[C@H](OS(=O)(=O)[O-])[C@H]1O)[C@@H]2O. The Kier molecular flexibility index (Phi) is 6.81. The maximum atomic E-state index is 11.5. The van der Waals surface area contributed by atoms with Crippen molar-refractivity contribution in [3.8, 4) is 5.75 Å². The molecule has 3 fully saturated rings. The number of aromatic hydroxyl groups is 1. The van der Waals surface area contributed by atoms with E-state index in [4.69, 9.17) is 9.47 Å². The lowest BCUT2D eigenvalue weighted by atomic mass is 9.55. The van der Waals surface area contributed by atoms with E-state index in [1.807, 2.05) is 13.0 Å². The van der Waals surface area contributed by atoms with Crippen LogP contribution >= 0.6 is 0 Å². The van der Waals surface area contributed by atoms with E-state index in [-0.39, 0.29) is 23.5 Å². The number of carbonyl (C=O) groups excluding carboxylic acids is 1. The summed E-state index contributed by atoms with van der Waals surface area (Å²) in [5.41, 5.74) is 1.76. The minimum atomic E-state index is -5.43. The van der Waals surface area contributed by atoms with Crippen molar-refractivity contribution in [2.75, 3.05) is 0 Å². The average molecular weight is 543 g/mol. The van der Waals surface area contributed by atoms with Crippen molar-refractivity contribution in [1.82, 2.24) is 0 Å². The van der Waals surface area contributed by atoms with Gasteiger partial charge in [0.05, 0.1) is 18.2 Å². The van der Waals surface area contributed by atoms with Gasteiger partial charge in [0.25, 0.3) is 0 Å². The number of aliphatic carboxylic acids is 1. The van der Waals surface area contributed by atoms with Gasteiger partial charge in [-0.1, -0.05) is 13.0 Å². The monoisotopic (exact) mass is 542 g/mol. The summed E-state index contributed by atoms with van der Waals surface area (Å²) < 4.78 is 48.6. The smallest absolute Gasteiger partial charge is 0.218 e. The van der Waals surface area contributed by atoms with Gasteiger partial charge >= 0.3 is 0 Å². The van der Waals surface area contributed by atoms with Gasteiger partial charge in [-0.15, -0.1) is 0 Å². The van der Waals surface area contributed by atoms with Crippen LogP contribution in [0.1, 0.15) is 49.7 Å². The average Bonchev–Trinajstić information content (AvgIpc) is 3.07. The first kappa shape index (κ1) is 26.8. The van der Waals surface area contributed by atoms with Crippen molar-refractivity contribution in [3.63, 3.8) is 0 Å². The van der Waals surface area contributed by atoms with Gasteiger partial charge in [-0.3, -0.25) is 4.18 Å². The molecule has 0 spiro atoms. The van der Waals surface area contributed by atoms with Crippen LogP contribution in [0.15, 0.2) is 18.2 Å². The molecular weight excluding hydrogens is 512 g/mol. The van der Waals surface area contributed by atoms with Crippen LogP contribution < -0.4 is 5.11 Å². The molecule has 1 aliphatic heterocycles. The van der Waals surface area contributed by atoms with Gasteiger partial charge in [-0.25, -0.2) is 8.42 Å². The lowest BCUT2D eigenvalue weighted by Gasteiger charge is -2.49. The Morgan fingerprint density at radius 2 is 1.92 bits per heavy atom. The molecule has 0 amide bonds. The third-order valence-corrected chi connectivity index (χ3v) is 9.43. The molecule has 11 atom stereocenters. The first-order chi connectivity index (χ1) is 17.3. The molecular formula is C24H30O12S-2. The van der Waals surface area contributed by atoms with E-state index in [1.165, 1.54) is 5.56 Å². The van der Waals surface area contributed by atoms with E-state index in [0.717, 1.165) is 24.8 Å². The summed E-state index contributed by atoms with van der Waals surface area (Å²) in [4.78, 5) is 11.5. The number of fused-ring (bicyclic) bond motifs is 5. The molecule has 1 aromatic carbocycles. The van der Waals surface area contributed by atoms with Crippen LogP contribution in [0.25, 0.3) is 0 Å². The minimum Gasteiger partial charge on any atom is -0.726 e. The van der Waals surface area contributed by atoms with E-state index >= 15 is 0 Å². The van der Waals surface area contributed by atoms with E-state index in [0.29, 0.717) is 12.8 Å². The molecule has 2 saturated carbocycles. The number of carbonyl (C=O) groups is 1. The fourth-order valence-corrected chi connectivity index (χ4v) is 7.73. The van der Waals surface area contributed by atoms with Crippen molar-refractivity contribution in [2.24, 2.45) is 17.3 Å². The van der Waals surface area contributed by atoms with Crippen LogP contribution in [-0.2, 0) is 35.3 Å². The predicted octanol–water partition coefficient (Wildman–Crippen LogP) is -1.35. The molecule has 1 saturated heterocycles. The molecule has 1 heterocycles. The van der Waals surface area contributed by atoms with E-state index < -0.39 is 64.7 Å². The molecule has 5 rings (SSSR count). The largest absolute Gasteiger partial charge is 0.726 e. The third kappa shape index (κ3) is 4.65. The Morgan fingerprint density at radius 1 is 1.19 bits per heavy atom. The molecule has 3 aliphatic carbocycles. The molecule has 13 heteroatoms. The minimum absolute atomic E-state index is 0.0190. The van der Waals surface area contributed by atoms with Crippen molar-refractivity contribution in [1.29, 1.82) is 0 Å². The highest BCUT2D eigenvalue weighted by molar-refractivity contribution is 7.80. The number of hydrogen-bond donors (Lipinski definition) is 4. The van der Waals surface area contributed by atoms with Crippen LogP contribution in [0.5, 0.6) is 5.75 Å². The van der Waals surface area contributed by atoms with Gasteiger partial charge in [0.15, 0.2) is 6.29 Å². The Balaban J connectivity index is 1.37. The zero-order chi connectivity index (χ0) is 26.9. The molecule has 4 N–H and O–H groups in total. The third-order valence-electron chi connectivity index (χ3n) is 8.97. The van der Waals surface area contributed by atoms with Gasteiger partial charge in [0.2, 0.25) is 10.4 Å². The number of ether oxygens (including phenoxy) is 2. The highest BCUT2D eigenvalue weighted by atomic mass is 32.3. The van der Waals surface area contributed by atoms with Gasteiger partial charge in [-0.05, 0) is 78.5 Å². The van der Waals surface area contributed by atoms with Crippen molar-refractivity contribution >= 4 is 16.4 Å². The Morgan fingerprint density at radius 3 is 2.59 bits per heavy atom. The molecule has 0 radical (unpaired) electrons. The summed E-state index contributed by atoms with van der Waals surface area (Å²) in [5.74, 6) is -1.23. The molecule has 1 aromatic rings. The second-order valence-electron chi connectivity index (χ2n) is 10.9. The molecule has 12 nitrogen and oxygen atoms in total. The maximum absolute atomic E-state index is 11.5. The van der Waals surface area contributed by atoms with Crippen LogP contribution in [0.4, 0.5) is 0 Å². The van der Waals surface area contributed by atoms with Gasteiger partial charge in [0.1, 0.15) is 30.2 Å². The van der Waals surface area contributed by atoms with Crippen molar-refractivity contribution in [2.45, 2.75) is 87.9 Å². The standard InChI is InChI=1S/C24H32O12S/c1-24-7-6-13-12-5-3-11(25)8-10(12)2-4-14(13)15(24)9-16(21(24)28)34-23-18(27)19(36-37(31,32)33)17(26)20(35-23)22(29)30/h3,5,8,13-21,23,25-28H,2,4,6-7,9H2,1H3,(H,29,30)(H,31,32,33)/p-2/t13-,14-,15+,16-,17+,18-,19+,20+,21+,23-,24+/m1/s1. The van der Waals surface area contributed by atoms with Gasteiger partial charge in [0, 0.05) is 0 Å². The van der Waals surface area contributed by atoms with E-state index in [1.54, 1.807) is 12.1 Å². The number of benzene rings is 1. The van der Waals surface area contributed by atoms with Crippen molar-refractivity contribution < 1.29 is 57.0 Å². The van der Waals surface area contributed by atoms with Crippen LogP contribution in [0.3, 0.4) is 0 Å². The zero-order valence-electron chi connectivity index (χ0n) is 20.0. The highest BCUT2D eigenvalue weighted by Crippen LogP contribution is 2.61. The number of hydrogen-bond acceptors (Lipinski definition) is 12. The summed E-state index contributed by atoms with van der Waals surface area (Å²) in [6.45, 7) is 1.97. The summed E-state index contributed by atoms with van der Waals surface area (Å²) in [6.07, 6.45) is -8.83. The summed E-state index contributed by atoms with van der Waals surface area (Å²) in [5, 5.41) is 53.4. The fraction of sp³-hybridized carbons (Fsp3) is 0.708. The number of rotatable bonds is 5. The number of aryl methyl sites for hydroxylation is 1. The number of phenols is 1. The first-order valence-corrected chi connectivity index (χ1v) is 13.7. The molecule has 0 aromatic heterocycles. The number of aliphatic hydroxyl groups is 3. The molecule has 206 valence electrons. The normalized spacial score (nSPS) is 43.5. The molecule has 0 bridgehead atoms. The van der Waals surface area contributed by atoms with E-state index in [9.17, 15) is 43.3 Å². The number of phenolic OH excluding ortho intramolecular Hbond substituents is 1. The number of carboxylic acid groups (broad SMARTS) is 1. The summed E-state index contributed by atoms with van der Waals surface area (Å²) >= 11 is 0. The van der Waals surface area contributed by atoms with E-state index in [2.05, 4.69) is 4.18 Å². The van der Waals surface area contributed by atoms with Crippen LogP contribution in [0, 0.1) is 17.3 Å². The van der Waals surface area contributed by atoms with Gasteiger partial charge in [-0.2, -0.15) is 0 Å². The second-order valence-corrected chi connectivity index (χ2v) is 11.9. The second kappa shape index (κ2) is 9.42. The zero-order valence-corrected chi connectivity index (χ0v) is 20.8. The summed E-state index contributed by atoms with van der Waals surface area (Å²) in [7, 11) is -5.43. The number of aliphatic hydroxyl groups excluding tert-OH is 3. The van der Waals surface area contributed by atoms with Gasteiger partial charge < -0.3 is 44.4 Å². The molecule has 4 aliphatic rings. The highest BCUT2D eigenvalue weighted by Gasteiger charge is 2.59. The summed E-state index contributed by atoms with van der Waals surface area (Å²) in [6, 6.07) is 5.42. The Bertz CT molecular complexity index is 1160. The van der Waals surface area contributed by atoms with Crippen LogP contribution in [0.2, 0.25) is 0 Å². The van der Waals surface area contributed by atoms with Crippen molar-refractivity contribution in [3.05, 3.63) is 29.3 Å². The lowest BCUT2D eigenvalue weighted by Crippen LogP contribution is -2.64. The predicted molar refractivity (Wildman–Crippen MR) is 119 cm³/mol. The maximum Gasteiger partial charge on any atom is 0.218 e. The Labute approximate surface area is 213 Å². The molecule has 37 heavy (non-hydrogen) atoms. The Hall–Kier alpha value is -1.84.